The summed E-state index contributed by atoms with van der Waals surface area (Å²) in [7, 11) is -7.42. The van der Waals surface area contributed by atoms with Crippen LogP contribution in [-0.4, -0.2) is 43.1 Å². The van der Waals surface area contributed by atoms with Gasteiger partial charge in [0.05, 0.1) is 13.2 Å². The summed E-state index contributed by atoms with van der Waals surface area (Å²) < 4.78 is 37.6. The maximum atomic E-state index is 12.5. The van der Waals surface area contributed by atoms with E-state index in [4.69, 9.17) is 17.9 Å². The smallest absolute Gasteiger partial charge is 0.403 e. The van der Waals surface area contributed by atoms with Crippen molar-refractivity contribution in [2.75, 3.05) is 26.4 Å². The fourth-order valence-corrected chi connectivity index (χ4v) is 16.8. The standard InChI is InChI=1S/C44H58O5PSi2/c1-37(35-48-51(43(3,4)5,39-25-13-9-14-26-39)40-27-15-10-16-28-40)23-21-33-46-50(45)47-34-22-24-38(2)36-49-52(44(6,7)8,41-29-17-11-18-30-41)42-31-19-12-20-32-42/h9-20,23-32H,21-22,33-36H2,1-8H3/q+1/b37-23+,38-24+. The van der Waals surface area contributed by atoms with Gasteiger partial charge < -0.3 is 8.85 Å². The Hall–Kier alpha value is -3.27. The van der Waals surface area contributed by atoms with Crippen molar-refractivity contribution in [3.05, 3.63) is 145 Å². The molecule has 0 aliphatic heterocycles. The van der Waals surface area contributed by atoms with Crippen molar-refractivity contribution < 1.29 is 22.5 Å². The third-order valence-corrected chi connectivity index (χ3v) is 20.2. The van der Waals surface area contributed by atoms with E-state index in [2.05, 4.69) is 189 Å². The second kappa shape index (κ2) is 19.2. The van der Waals surface area contributed by atoms with Gasteiger partial charge in [-0.2, -0.15) is 0 Å². The minimum absolute atomic E-state index is 0.0847. The summed E-state index contributed by atoms with van der Waals surface area (Å²) >= 11 is 0. The van der Waals surface area contributed by atoms with E-state index in [1.165, 1.54) is 20.7 Å². The lowest BCUT2D eigenvalue weighted by atomic mass is 10.2. The monoisotopic (exact) mass is 753 g/mol. The molecule has 276 valence electrons. The van der Waals surface area contributed by atoms with Gasteiger partial charge in [0.2, 0.25) is 0 Å². The van der Waals surface area contributed by atoms with E-state index in [0.717, 1.165) is 11.1 Å². The lowest BCUT2D eigenvalue weighted by molar-refractivity contribution is 0.231. The molecule has 0 unspecified atom stereocenters. The second-order valence-electron chi connectivity index (χ2n) is 15.5. The highest BCUT2D eigenvalue weighted by atomic mass is 31.1. The number of hydrogen-bond donors (Lipinski definition) is 0. The highest BCUT2D eigenvalue weighted by molar-refractivity contribution is 7.33. The van der Waals surface area contributed by atoms with Crippen LogP contribution in [0.1, 0.15) is 68.2 Å². The van der Waals surface area contributed by atoms with Gasteiger partial charge in [-0.15, -0.1) is 9.05 Å². The quantitative estimate of drug-likeness (QED) is 0.0439. The van der Waals surface area contributed by atoms with Gasteiger partial charge in [-0.25, -0.2) is 0 Å². The summed E-state index contributed by atoms with van der Waals surface area (Å²) in [5.41, 5.74) is 2.24. The van der Waals surface area contributed by atoms with Crippen LogP contribution in [0, 0.1) is 0 Å². The van der Waals surface area contributed by atoms with Gasteiger partial charge in [0.25, 0.3) is 16.6 Å². The van der Waals surface area contributed by atoms with Gasteiger partial charge >= 0.3 is 8.25 Å². The Morgan fingerprint density at radius 1 is 0.519 bits per heavy atom. The van der Waals surface area contributed by atoms with E-state index >= 15 is 0 Å². The molecule has 0 aliphatic rings. The highest BCUT2D eigenvalue weighted by Crippen LogP contribution is 2.38. The van der Waals surface area contributed by atoms with Crippen LogP contribution in [0.25, 0.3) is 0 Å². The van der Waals surface area contributed by atoms with E-state index in [1.54, 1.807) is 0 Å². The molecular formula is C44H58O5PSi2+. The Balaban J connectivity index is 1.27. The molecule has 0 radical (unpaired) electrons. The highest BCUT2D eigenvalue weighted by Gasteiger charge is 2.51. The lowest BCUT2D eigenvalue weighted by Gasteiger charge is -2.43. The SMILES string of the molecule is C/C(=C\CCO[P+](=O)OCC/C=C(\C)CO[Si](c1ccccc1)(c1ccccc1)C(C)(C)C)CO[Si](c1ccccc1)(c1ccccc1)C(C)(C)C. The van der Waals surface area contributed by atoms with E-state index in [0.29, 0.717) is 39.3 Å². The van der Waals surface area contributed by atoms with E-state index in [9.17, 15) is 4.57 Å². The first-order valence-electron chi connectivity index (χ1n) is 18.4. The molecule has 0 saturated carbocycles. The topological polar surface area (TPSA) is 54.0 Å². The molecule has 0 aliphatic carbocycles. The fourth-order valence-electron chi connectivity index (χ4n) is 6.99. The van der Waals surface area contributed by atoms with Crippen LogP contribution in [0.5, 0.6) is 0 Å². The Kier molecular flexibility index (Phi) is 15.3. The summed E-state index contributed by atoms with van der Waals surface area (Å²) in [6.07, 6.45) is 5.47. The first-order chi connectivity index (χ1) is 24.8. The van der Waals surface area contributed by atoms with E-state index < -0.39 is 24.9 Å². The predicted molar refractivity (Wildman–Crippen MR) is 223 cm³/mol. The molecule has 0 saturated heterocycles. The largest absolute Gasteiger partial charge is 0.697 e. The van der Waals surface area contributed by atoms with Gasteiger partial charge in [0.15, 0.2) is 0 Å². The minimum atomic E-state index is -2.61. The average molecular weight is 754 g/mol. The molecule has 0 bridgehead atoms. The zero-order valence-corrected chi connectivity index (χ0v) is 35.3. The van der Waals surface area contributed by atoms with Crippen LogP contribution in [0.3, 0.4) is 0 Å². The van der Waals surface area contributed by atoms with Crippen LogP contribution >= 0.6 is 8.25 Å². The van der Waals surface area contributed by atoms with Crippen LogP contribution in [0.15, 0.2) is 145 Å². The van der Waals surface area contributed by atoms with Crippen LogP contribution in [0.4, 0.5) is 0 Å². The summed E-state index contributed by atoms with van der Waals surface area (Å²) in [4.78, 5) is 0. The molecular weight excluding hydrogens is 696 g/mol. The molecule has 0 spiro atoms. The van der Waals surface area contributed by atoms with Crippen molar-refractivity contribution in [2.45, 2.75) is 78.3 Å². The summed E-state index contributed by atoms with van der Waals surface area (Å²) in [5.74, 6) is 0. The molecule has 0 amide bonds. The molecule has 0 atom stereocenters. The third-order valence-electron chi connectivity index (χ3n) is 9.48. The molecule has 5 nitrogen and oxygen atoms in total. The first kappa shape index (κ1) is 41.5. The summed E-state index contributed by atoms with van der Waals surface area (Å²) in [6, 6.07) is 42.7. The van der Waals surface area contributed by atoms with E-state index in [-0.39, 0.29) is 10.1 Å². The van der Waals surface area contributed by atoms with Gasteiger partial charge in [0, 0.05) is 4.57 Å². The molecule has 0 fully saturated rings. The zero-order chi connectivity index (χ0) is 37.7. The molecule has 4 rings (SSSR count). The van der Waals surface area contributed by atoms with Gasteiger partial charge in [-0.05, 0) is 57.5 Å². The van der Waals surface area contributed by atoms with Crippen LogP contribution < -0.4 is 20.7 Å². The Bertz CT molecular complexity index is 1520. The zero-order valence-electron chi connectivity index (χ0n) is 32.4. The van der Waals surface area contributed by atoms with Crippen molar-refractivity contribution in [1.29, 1.82) is 0 Å². The maximum absolute atomic E-state index is 12.5. The average Bonchev–Trinajstić information content (AvgIpc) is 3.13. The molecule has 52 heavy (non-hydrogen) atoms. The summed E-state index contributed by atoms with van der Waals surface area (Å²) in [6.45, 7) is 19.5. The Morgan fingerprint density at radius 3 is 1.04 bits per heavy atom. The molecule has 0 heterocycles. The number of rotatable bonds is 18. The van der Waals surface area contributed by atoms with Gasteiger partial charge in [0.1, 0.15) is 13.2 Å². The van der Waals surface area contributed by atoms with Crippen LogP contribution in [-0.2, 0) is 22.5 Å². The maximum Gasteiger partial charge on any atom is 0.697 e. The molecule has 4 aromatic carbocycles. The molecule has 4 aromatic rings. The normalized spacial score (nSPS) is 13.3. The van der Waals surface area contributed by atoms with Gasteiger partial charge in [-0.3, -0.25) is 0 Å². The van der Waals surface area contributed by atoms with Crippen LogP contribution in [0.2, 0.25) is 10.1 Å². The third kappa shape index (κ3) is 10.4. The summed E-state index contributed by atoms with van der Waals surface area (Å²) in [5, 5.41) is 4.87. The fraction of sp³-hybridized carbons (Fsp3) is 0.364. The van der Waals surface area contributed by atoms with Crippen molar-refractivity contribution in [3.8, 4) is 0 Å². The Labute approximate surface area is 316 Å². The predicted octanol–water partition coefficient (Wildman–Crippen LogP) is 9.50. The van der Waals surface area contributed by atoms with Crippen molar-refractivity contribution in [1.82, 2.24) is 0 Å². The van der Waals surface area contributed by atoms with Crippen molar-refractivity contribution in [3.63, 3.8) is 0 Å². The first-order valence-corrected chi connectivity index (χ1v) is 23.3. The van der Waals surface area contributed by atoms with Crippen molar-refractivity contribution >= 4 is 45.6 Å². The van der Waals surface area contributed by atoms with Gasteiger partial charge in [-0.1, -0.05) is 186 Å². The second-order valence-corrected chi connectivity index (χ2v) is 25.0. The van der Waals surface area contributed by atoms with Crippen molar-refractivity contribution in [2.24, 2.45) is 0 Å². The lowest BCUT2D eigenvalue weighted by Crippen LogP contribution is -2.66. The number of benzene rings is 4. The van der Waals surface area contributed by atoms with E-state index in [1.807, 2.05) is 0 Å². The molecule has 8 heteroatoms. The molecule has 0 aromatic heterocycles. The number of hydrogen-bond acceptors (Lipinski definition) is 5. The minimum Gasteiger partial charge on any atom is -0.403 e. The Morgan fingerprint density at radius 2 is 0.788 bits per heavy atom. The molecule has 0 N–H and O–H groups in total.